The highest BCUT2D eigenvalue weighted by Crippen LogP contribution is 2.31. The third kappa shape index (κ3) is 3.93. The molecular weight excluding hydrogens is 184 g/mol. The normalized spacial score (nSPS) is 19.2. The Bertz CT molecular complexity index is 266. The molecule has 15 heavy (non-hydrogen) atoms. The second-order valence-electron chi connectivity index (χ2n) is 3.86. The molecule has 84 valence electrons. The van der Waals surface area contributed by atoms with Gasteiger partial charge >= 0.3 is 0 Å². The summed E-state index contributed by atoms with van der Waals surface area (Å²) in [6.07, 6.45) is 14.6. The highest BCUT2D eigenvalue weighted by atomic mass is 16.3. The molecular formula is C14H22O. The van der Waals surface area contributed by atoms with Crippen LogP contribution in [0, 0.1) is 12.8 Å². The summed E-state index contributed by atoms with van der Waals surface area (Å²) >= 11 is 0. The van der Waals surface area contributed by atoms with Gasteiger partial charge in [0.25, 0.3) is 0 Å². The Morgan fingerprint density at radius 3 is 2.33 bits per heavy atom. The Balaban J connectivity index is 0.000000921. The second kappa shape index (κ2) is 7.31. The molecule has 1 N–H and O–H groups in total. The molecule has 0 aromatic carbocycles. The highest BCUT2D eigenvalue weighted by molar-refractivity contribution is 5.36. The van der Waals surface area contributed by atoms with Crippen LogP contribution in [-0.4, -0.2) is 11.2 Å². The van der Waals surface area contributed by atoms with Crippen LogP contribution in [-0.2, 0) is 0 Å². The van der Waals surface area contributed by atoms with Crippen LogP contribution < -0.4 is 0 Å². The van der Waals surface area contributed by atoms with Crippen molar-refractivity contribution in [1.29, 1.82) is 0 Å². The van der Waals surface area contributed by atoms with Crippen LogP contribution in [0.4, 0.5) is 0 Å². The van der Waals surface area contributed by atoms with E-state index in [0.29, 0.717) is 0 Å². The number of hydrogen-bond donors (Lipinski definition) is 1. The molecule has 0 spiro atoms. The molecule has 1 aliphatic carbocycles. The van der Waals surface area contributed by atoms with E-state index in [1.807, 2.05) is 6.92 Å². The molecule has 1 atom stereocenters. The lowest BCUT2D eigenvalue weighted by Crippen LogP contribution is -2.12. The summed E-state index contributed by atoms with van der Waals surface area (Å²) in [6, 6.07) is 0. The Morgan fingerprint density at radius 2 is 1.87 bits per heavy atom. The van der Waals surface area contributed by atoms with Crippen LogP contribution in [0.25, 0.3) is 0 Å². The lowest BCUT2D eigenvalue weighted by molar-refractivity contribution is 0.222. The van der Waals surface area contributed by atoms with Crippen LogP contribution in [0.3, 0.4) is 0 Å². The van der Waals surface area contributed by atoms with Gasteiger partial charge in [0.05, 0.1) is 6.10 Å². The van der Waals surface area contributed by atoms with Crippen molar-refractivity contribution in [3.05, 3.63) is 22.8 Å². The van der Waals surface area contributed by atoms with Crippen LogP contribution in [0.15, 0.2) is 22.8 Å². The van der Waals surface area contributed by atoms with Crippen molar-refractivity contribution in [2.24, 2.45) is 0 Å². The number of hydrogen-bond acceptors (Lipinski definition) is 1. The Kier molecular flexibility index (Phi) is 6.83. The van der Waals surface area contributed by atoms with Gasteiger partial charge in [-0.1, -0.05) is 11.6 Å². The van der Waals surface area contributed by atoms with E-state index in [2.05, 4.69) is 32.8 Å². The maximum Gasteiger partial charge on any atom is 0.0727 e. The summed E-state index contributed by atoms with van der Waals surface area (Å²) in [6.45, 7) is 6.09. The van der Waals surface area contributed by atoms with E-state index in [-0.39, 0.29) is 6.10 Å². The molecule has 0 bridgehead atoms. The molecule has 0 aliphatic heterocycles. The molecule has 1 rings (SSSR count). The van der Waals surface area contributed by atoms with Crippen LogP contribution in [0.2, 0.25) is 0 Å². The summed E-state index contributed by atoms with van der Waals surface area (Å²) in [4.78, 5) is 0. The largest absolute Gasteiger partial charge is 0.389 e. The first-order valence-corrected chi connectivity index (χ1v) is 5.53. The van der Waals surface area contributed by atoms with E-state index in [1.165, 1.54) is 29.6 Å². The lowest BCUT2D eigenvalue weighted by atomic mass is 9.85. The van der Waals surface area contributed by atoms with E-state index >= 15 is 0 Å². The summed E-state index contributed by atoms with van der Waals surface area (Å²) < 4.78 is 0. The van der Waals surface area contributed by atoms with Crippen molar-refractivity contribution in [1.82, 2.24) is 0 Å². The molecule has 1 heteroatoms. The second-order valence-corrected chi connectivity index (χ2v) is 3.86. The van der Waals surface area contributed by atoms with Gasteiger partial charge in [-0.2, -0.15) is 0 Å². The highest BCUT2D eigenvalue weighted by Gasteiger charge is 2.16. The van der Waals surface area contributed by atoms with E-state index in [0.717, 1.165) is 12.8 Å². The summed E-state index contributed by atoms with van der Waals surface area (Å²) in [5.41, 5.74) is 4.02. The first-order chi connectivity index (χ1) is 7.16. The smallest absolute Gasteiger partial charge is 0.0727 e. The van der Waals surface area contributed by atoms with E-state index in [4.69, 9.17) is 0 Å². The molecule has 1 nitrogen and oxygen atoms in total. The quantitative estimate of drug-likeness (QED) is 0.686. The monoisotopic (exact) mass is 206 g/mol. The molecule has 0 fully saturated rings. The average molecular weight is 206 g/mol. The van der Waals surface area contributed by atoms with Crippen molar-refractivity contribution >= 4 is 0 Å². The van der Waals surface area contributed by atoms with Gasteiger partial charge in [-0.05, 0) is 57.6 Å². The molecule has 1 unspecified atom stereocenters. The standard InChI is InChI=1S/C12H20O.C2H2/c1-4-9(2)11-7-5-6-8-12(11)10(3)13;1-2/h4,10,13H,5-8H2,1-3H3;1-2H/b9-4-;. The SMILES string of the molecule is C#C.C/C=C(/C)C1=C(C(C)O)CCCC1. The van der Waals surface area contributed by atoms with E-state index in [1.54, 1.807) is 0 Å². The predicted molar refractivity (Wildman–Crippen MR) is 66.5 cm³/mol. The van der Waals surface area contributed by atoms with E-state index in [9.17, 15) is 5.11 Å². The van der Waals surface area contributed by atoms with Crippen molar-refractivity contribution in [2.45, 2.75) is 52.6 Å². The number of allylic oxidation sites excluding steroid dienone is 3. The fourth-order valence-corrected chi connectivity index (χ4v) is 2.01. The van der Waals surface area contributed by atoms with Crippen molar-refractivity contribution < 1.29 is 5.11 Å². The van der Waals surface area contributed by atoms with Gasteiger partial charge in [0.15, 0.2) is 0 Å². The Labute approximate surface area is 93.9 Å². The van der Waals surface area contributed by atoms with Crippen molar-refractivity contribution in [3.63, 3.8) is 0 Å². The molecule has 0 saturated carbocycles. The van der Waals surface area contributed by atoms with Gasteiger partial charge in [-0.3, -0.25) is 0 Å². The number of aliphatic hydroxyl groups is 1. The first-order valence-electron chi connectivity index (χ1n) is 5.53. The number of terminal acetylenes is 1. The zero-order valence-corrected chi connectivity index (χ0v) is 10.1. The molecule has 1 aliphatic rings. The minimum absolute atomic E-state index is 0.259. The minimum atomic E-state index is -0.259. The summed E-state index contributed by atoms with van der Waals surface area (Å²) in [7, 11) is 0. The molecule has 0 aromatic heterocycles. The maximum absolute atomic E-state index is 9.61. The third-order valence-corrected chi connectivity index (χ3v) is 2.92. The first kappa shape index (κ1) is 14.0. The van der Waals surface area contributed by atoms with Crippen LogP contribution in [0.5, 0.6) is 0 Å². The zero-order chi connectivity index (χ0) is 11.8. The average Bonchev–Trinajstić information content (AvgIpc) is 2.30. The molecule has 0 heterocycles. The van der Waals surface area contributed by atoms with E-state index < -0.39 is 0 Å². The Hall–Kier alpha value is -1.00. The minimum Gasteiger partial charge on any atom is -0.389 e. The van der Waals surface area contributed by atoms with Gasteiger partial charge in [-0.25, -0.2) is 0 Å². The summed E-state index contributed by atoms with van der Waals surface area (Å²) in [5, 5.41) is 9.61. The maximum atomic E-state index is 9.61. The van der Waals surface area contributed by atoms with Gasteiger partial charge in [0.2, 0.25) is 0 Å². The van der Waals surface area contributed by atoms with Crippen LogP contribution >= 0.6 is 0 Å². The fourth-order valence-electron chi connectivity index (χ4n) is 2.01. The predicted octanol–water partition coefficient (Wildman–Crippen LogP) is 3.45. The molecule has 0 amide bonds. The number of rotatable bonds is 2. The zero-order valence-electron chi connectivity index (χ0n) is 10.1. The summed E-state index contributed by atoms with van der Waals surface area (Å²) in [5.74, 6) is 0. The fraction of sp³-hybridized carbons (Fsp3) is 0.571. The van der Waals surface area contributed by atoms with Gasteiger partial charge in [-0.15, -0.1) is 12.8 Å². The Morgan fingerprint density at radius 1 is 1.33 bits per heavy atom. The molecule has 0 aromatic rings. The van der Waals surface area contributed by atoms with Crippen LogP contribution in [0.1, 0.15) is 46.5 Å². The van der Waals surface area contributed by atoms with Crippen molar-refractivity contribution in [2.75, 3.05) is 0 Å². The van der Waals surface area contributed by atoms with Gasteiger partial charge in [0, 0.05) is 0 Å². The van der Waals surface area contributed by atoms with Gasteiger partial charge in [0.1, 0.15) is 0 Å². The number of aliphatic hydroxyl groups excluding tert-OH is 1. The van der Waals surface area contributed by atoms with Gasteiger partial charge < -0.3 is 5.11 Å². The lowest BCUT2D eigenvalue weighted by Gasteiger charge is -2.23. The molecule has 0 radical (unpaired) electrons. The van der Waals surface area contributed by atoms with Crippen molar-refractivity contribution in [3.8, 4) is 12.8 Å². The third-order valence-electron chi connectivity index (χ3n) is 2.92. The molecule has 0 saturated heterocycles. The topological polar surface area (TPSA) is 20.2 Å².